The summed E-state index contributed by atoms with van der Waals surface area (Å²) in [7, 11) is -1.08. The molecule has 0 saturated carbocycles. The van der Waals surface area contributed by atoms with Crippen LogP contribution in [-0.2, 0) is 14.8 Å². The molecule has 0 atom stereocenters. The highest BCUT2D eigenvalue weighted by atomic mass is 32.2. The van der Waals surface area contributed by atoms with E-state index in [1.165, 1.54) is 45.6 Å². The van der Waals surface area contributed by atoms with E-state index in [1.807, 2.05) is 31.2 Å². The van der Waals surface area contributed by atoms with Gasteiger partial charge < -0.3 is 19.7 Å². The van der Waals surface area contributed by atoms with Gasteiger partial charge in [0.1, 0.15) is 6.54 Å². The molecule has 196 valence electrons. The number of ether oxygens (including phenoxy) is 2. The summed E-state index contributed by atoms with van der Waals surface area (Å²) in [4.78, 5) is 15.5. The van der Waals surface area contributed by atoms with Crippen LogP contribution in [0.4, 0.5) is 17.1 Å². The van der Waals surface area contributed by atoms with Crippen LogP contribution < -0.4 is 24.0 Å². The molecule has 0 bridgehead atoms. The van der Waals surface area contributed by atoms with Gasteiger partial charge in [0.15, 0.2) is 11.5 Å². The average molecular weight is 524 g/mol. The van der Waals surface area contributed by atoms with Crippen LogP contribution in [0.2, 0.25) is 0 Å². The zero-order chi connectivity index (χ0) is 26.4. The van der Waals surface area contributed by atoms with Crippen molar-refractivity contribution in [3.05, 3.63) is 72.3 Å². The van der Waals surface area contributed by atoms with Crippen LogP contribution in [0.5, 0.6) is 11.5 Å². The van der Waals surface area contributed by atoms with Gasteiger partial charge in [-0.3, -0.25) is 9.10 Å². The molecule has 1 N–H and O–H groups in total. The number of benzene rings is 3. The first-order chi connectivity index (χ1) is 17.8. The van der Waals surface area contributed by atoms with Crippen LogP contribution in [-0.4, -0.2) is 48.2 Å². The maximum Gasteiger partial charge on any atom is 0.264 e. The molecule has 37 heavy (non-hydrogen) atoms. The highest BCUT2D eigenvalue weighted by molar-refractivity contribution is 7.92. The molecule has 0 radical (unpaired) electrons. The Kier molecular flexibility index (Phi) is 8.23. The summed E-state index contributed by atoms with van der Waals surface area (Å²) in [5.41, 5.74) is 2.94. The molecule has 0 aliphatic carbocycles. The third-order valence-corrected chi connectivity index (χ3v) is 8.21. The fraction of sp³-hybridized carbons (Fsp3) is 0.321. The van der Waals surface area contributed by atoms with Crippen molar-refractivity contribution in [2.24, 2.45) is 0 Å². The van der Waals surface area contributed by atoms with Gasteiger partial charge in [-0.2, -0.15) is 0 Å². The Balaban J connectivity index is 1.59. The van der Waals surface area contributed by atoms with Crippen molar-refractivity contribution in [2.45, 2.75) is 31.1 Å². The van der Waals surface area contributed by atoms with Crippen LogP contribution in [0, 0.1) is 6.92 Å². The monoisotopic (exact) mass is 523 g/mol. The van der Waals surface area contributed by atoms with Gasteiger partial charge in [-0.15, -0.1) is 0 Å². The van der Waals surface area contributed by atoms with Crippen molar-refractivity contribution in [1.29, 1.82) is 0 Å². The number of piperidine rings is 1. The third-order valence-electron chi connectivity index (χ3n) is 6.42. The molecule has 3 aromatic carbocycles. The van der Waals surface area contributed by atoms with Crippen molar-refractivity contribution in [1.82, 2.24) is 0 Å². The number of methoxy groups -OCH3 is 2. The number of hydrogen-bond acceptors (Lipinski definition) is 6. The molecule has 8 nitrogen and oxygen atoms in total. The maximum atomic E-state index is 13.7. The lowest BCUT2D eigenvalue weighted by molar-refractivity contribution is -0.114. The minimum Gasteiger partial charge on any atom is -0.493 e. The molecule has 1 aliphatic rings. The first-order valence-corrected chi connectivity index (χ1v) is 13.7. The molecule has 0 spiro atoms. The zero-order valence-corrected chi connectivity index (χ0v) is 22.3. The number of nitrogens with one attached hydrogen (secondary N) is 1. The second kappa shape index (κ2) is 11.6. The van der Waals surface area contributed by atoms with Crippen LogP contribution in [0.15, 0.2) is 71.6 Å². The van der Waals surface area contributed by atoms with Gasteiger partial charge in [0, 0.05) is 30.5 Å². The Morgan fingerprint density at radius 2 is 1.54 bits per heavy atom. The number of carbonyl (C=O) groups is 1. The summed E-state index contributed by atoms with van der Waals surface area (Å²) in [6.45, 7) is 3.53. The SMILES string of the molecule is COc1ccc(N(CC(=O)Nc2ccc(N3CCCCC3)cc2)S(=O)(=O)c2ccc(C)cc2)cc1OC. The average Bonchev–Trinajstić information content (AvgIpc) is 2.92. The van der Waals surface area contributed by atoms with Gasteiger partial charge in [0.25, 0.3) is 10.0 Å². The van der Waals surface area contributed by atoms with Gasteiger partial charge in [0.05, 0.1) is 24.8 Å². The van der Waals surface area contributed by atoms with E-state index in [2.05, 4.69) is 10.2 Å². The van der Waals surface area contributed by atoms with E-state index in [-0.39, 0.29) is 10.6 Å². The fourth-order valence-corrected chi connectivity index (χ4v) is 5.78. The van der Waals surface area contributed by atoms with Gasteiger partial charge in [-0.1, -0.05) is 17.7 Å². The Bertz CT molecular complexity index is 1320. The van der Waals surface area contributed by atoms with Gasteiger partial charge in [-0.05, 0) is 74.7 Å². The summed E-state index contributed by atoms with van der Waals surface area (Å²) >= 11 is 0. The lowest BCUT2D eigenvalue weighted by Crippen LogP contribution is -2.38. The summed E-state index contributed by atoms with van der Waals surface area (Å²) in [5, 5.41) is 2.84. The van der Waals surface area contributed by atoms with Crippen LogP contribution >= 0.6 is 0 Å². The van der Waals surface area contributed by atoms with Crippen molar-refractivity contribution >= 4 is 33.0 Å². The smallest absolute Gasteiger partial charge is 0.264 e. The molecular weight excluding hydrogens is 490 g/mol. The summed E-state index contributed by atoms with van der Waals surface area (Å²) in [6, 6.07) is 18.9. The Morgan fingerprint density at radius 1 is 0.892 bits per heavy atom. The predicted molar refractivity (Wildman–Crippen MR) is 146 cm³/mol. The number of sulfonamides is 1. The standard InChI is InChI=1S/C28H33N3O5S/c1-21-7-14-25(15-8-21)37(33,34)31(24-13-16-26(35-2)27(19-24)36-3)20-28(32)29-22-9-11-23(12-10-22)30-17-5-4-6-18-30/h7-16,19H,4-6,17-18,20H2,1-3H3,(H,29,32). The largest absolute Gasteiger partial charge is 0.493 e. The lowest BCUT2D eigenvalue weighted by Gasteiger charge is -2.29. The van der Waals surface area contributed by atoms with E-state index in [0.717, 1.165) is 28.6 Å². The summed E-state index contributed by atoms with van der Waals surface area (Å²) in [6.07, 6.45) is 3.62. The van der Waals surface area contributed by atoms with Crippen molar-refractivity contribution in [2.75, 3.05) is 48.4 Å². The predicted octanol–water partition coefficient (Wildman–Crippen LogP) is 4.84. The molecule has 3 aromatic rings. The van der Waals surface area contributed by atoms with E-state index in [0.29, 0.717) is 17.2 Å². The first kappa shape index (κ1) is 26.3. The maximum absolute atomic E-state index is 13.7. The van der Waals surface area contributed by atoms with E-state index in [9.17, 15) is 13.2 Å². The number of hydrogen-bond donors (Lipinski definition) is 1. The highest BCUT2D eigenvalue weighted by Gasteiger charge is 2.28. The lowest BCUT2D eigenvalue weighted by atomic mass is 10.1. The second-order valence-corrected chi connectivity index (χ2v) is 10.9. The Morgan fingerprint density at radius 3 is 2.16 bits per heavy atom. The number of anilines is 3. The van der Waals surface area contributed by atoms with E-state index < -0.39 is 22.5 Å². The molecule has 1 amide bonds. The third kappa shape index (κ3) is 6.17. The topological polar surface area (TPSA) is 88.2 Å². The molecule has 1 aliphatic heterocycles. The number of nitrogens with zero attached hydrogens (tertiary/aromatic N) is 2. The van der Waals surface area contributed by atoms with E-state index in [1.54, 1.807) is 30.3 Å². The van der Waals surface area contributed by atoms with E-state index in [4.69, 9.17) is 9.47 Å². The van der Waals surface area contributed by atoms with E-state index >= 15 is 0 Å². The molecule has 1 fully saturated rings. The zero-order valence-electron chi connectivity index (χ0n) is 21.4. The highest BCUT2D eigenvalue weighted by Crippen LogP contribution is 2.34. The molecular formula is C28H33N3O5S. The normalized spacial score (nSPS) is 13.6. The quantitative estimate of drug-likeness (QED) is 0.432. The molecule has 0 aromatic heterocycles. The summed E-state index contributed by atoms with van der Waals surface area (Å²) < 4.78 is 39.1. The molecule has 4 rings (SSSR count). The van der Waals surface area contributed by atoms with Crippen LogP contribution in [0.1, 0.15) is 24.8 Å². The van der Waals surface area contributed by atoms with Gasteiger partial charge in [0.2, 0.25) is 5.91 Å². The van der Waals surface area contributed by atoms with Crippen molar-refractivity contribution in [3.8, 4) is 11.5 Å². The number of amides is 1. The van der Waals surface area contributed by atoms with Crippen molar-refractivity contribution < 1.29 is 22.7 Å². The molecule has 1 saturated heterocycles. The van der Waals surface area contributed by atoms with Crippen molar-refractivity contribution in [3.63, 3.8) is 0 Å². The first-order valence-electron chi connectivity index (χ1n) is 12.3. The molecule has 0 unspecified atom stereocenters. The fourth-order valence-electron chi connectivity index (χ4n) is 4.37. The van der Waals surface area contributed by atoms with Crippen LogP contribution in [0.25, 0.3) is 0 Å². The summed E-state index contributed by atoms with van der Waals surface area (Å²) in [5.74, 6) is 0.353. The van der Waals surface area contributed by atoms with Gasteiger partial charge in [-0.25, -0.2) is 8.42 Å². The minimum atomic E-state index is -4.05. The number of aryl methyl sites for hydroxylation is 1. The number of rotatable bonds is 9. The minimum absolute atomic E-state index is 0.0894. The molecule has 1 heterocycles. The molecule has 9 heteroatoms. The Hall–Kier alpha value is -3.72. The second-order valence-electron chi connectivity index (χ2n) is 9.01. The van der Waals surface area contributed by atoms with Crippen LogP contribution in [0.3, 0.4) is 0 Å². The number of carbonyl (C=O) groups excluding carboxylic acids is 1. The Labute approximate surface area is 218 Å². The van der Waals surface area contributed by atoms with Gasteiger partial charge >= 0.3 is 0 Å².